The van der Waals surface area contributed by atoms with Crippen LogP contribution in [0.4, 0.5) is 0 Å². The van der Waals surface area contributed by atoms with Crippen molar-refractivity contribution >= 4 is 51.3 Å². The normalized spacial score (nSPS) is 20.6. The number of ether oxygens (including phenoxy) is 1. The number of aromatic nitrogens is 4. The van der Waals surface area contributed by atoms with Gasteiger partial charge in [-0.25, -0.2) is 14.3 Å². The molecule has 2 aromatic heterocycles. The van der Waals surface area contributed by atoms with Crippen molar-refractivity contribution in [1.82, 2.24) is 19.5 Å². The minimum atomic E-state index is -4.40. The lowest BCUT2D eigenvalue weighted by Gasteiger charge is -2.18. The number of nitrogens with zero attached hydrogens (tertiary/aromatic N) is 2. The number of aromatic amines is 2. The first kappa shape index (κ1) is 27.9. The zero-order valence-electron chi connectivity index (χ0n) is 22.9. The summed E-state index contributed by atoms with van der Waals surface area (Å²) < 4.78 is 30.1. The molecular weight excluding hydrogens is 575 g/mol. The van der Waals surface area contributed by atoms with E-state index in [0.29, 0.717) is 6.42 Å². The van der Waals surface area contributed by atoms with E-state index in [4.69, 9.17) is 13.8 Å². The number of hydrogen-bond acceptors (Lipinski definition) is 8. The Morgan fingerprint density at radius 2 is 1.72 bits per heavy atom. The van der Waals surface area contributed by atoms with Crippen molar-refractivity contribution in [3.63, 3.8) is 0 Å². The van der Waals surface area contributed by atoms with Gasteiger partial charge in [0, 0.05) is 6.42 Å². The number of nitrogens with one attached hydrogen (secondary N) is 2. The van der Waals surface area contributed by atoms with Gasteiger partial charge in [-0.15, -0.1) is 0 Å². The summed E-state index contributed by atoms with van der Waals surface area (Å²) in [5, 5.41) is 17.9. The summed E-state index contributed by atoms with van der Waals surface area (Å²) >= 11 is 0. The van der Waals surface area contributed by atoms with Crippen molar-refractivity contribution < 1.29 is 28.3 Å². The Bertz CT molecular complexity index is 2110. The van der Waals surface area contributed by atoms with Crippen LogP contribution < -0.4 is 11.2 Å². The Morgan fingerprint density at radius 1 is 0.977 bits per heavy atom. The molecule has 4 aromatic carbocycles. The van der Waals surface area contributed by atoms with Gasteiger partial charge in [0.2, 0.25) is 0 Å². The van der Waals surface area contributed by atoms with Crippen LogP contribution in [0.2, 0.25) is 0 Å². The number of unbranched alkanes of at least 4 members (excludes halogenated alkanes) is 1. The zero-order valence-corrected chi connectivity index (χ0v) is 23.8. The van der Waals surface area contributed by atoms with Crippen LogP contribution in [-0.4, -0.2) is 54.9 Å². The fraction of sp³-hybridized carbons (Fsp3) is 0.300. The van der Waals surface area contributed by atoms with Gasteiger partial charge in [-0.2, -0.15) is 0 Å². The second-order valence-corrected chi connectivity index (χ2v) is 12.3. The molecule has 0 radical (unpaired) electrons. The predicted molar refractivity (Wildman–Crippen MR) is 160 cm³/mol. The number of phosphoric ester groups is 1. The Balaban J connectivity index is 0.926. The number of phosphoric acid groups is 1. The van der Waals surface area contributed by atoms with E-state index in [0.717, 1.165) is 12.8 Å². The summed E-state index contributed by atoms with van der Waals surface area (Å²) in [5.41, 5.74) is 0.0308. The average Bonchev–Trinajstić information content (AvgIpc) is 3.58. The first-order valence-electron chi connectivity index (χ1n) is 14.1. The summed E-state index contributed by atoms with van der Waals surface area (Å²) in [7, 11) is -4.40. The maximum Gasteiger partial charge on any atom is 0.472 e. The second kappa shape index (κ2) is 11.0. The lowest BCUT2D eigenvalue weighted by atomic mass is 9.91. The molecule has 1 aliphatic rings. The van der Waals surface area contributed by atoms with Crippen LogP contribution in [0, 0.1) is 0 Å². The summed E-state index contributed by atoms with van der Waals surface area (Å²) in [4.78, 5) is 42.4. The van der Waals surface area contributed by atoms with Crippen LogP contribution in [0.1, 0.15) is 31.1 Å². The molecule has 1 fully saturated rings. The molecule has 7 rings (SSSR count). The minimum Gasteiger partial charge on any atom is -0.390 e. The molecule has 4 atom stereocenters. The van der Waals surface area contributed by atoms with Crippen LogP contribution in [0.3, 0.4) is 0 Å². The third kappa shape index (κ3) is 5.27. The molecule has 0 saturated carbocycles. The molecule has 3 unspecified atom stereocenters. The van der Waals surface area contributed by atoms with Crippen molar-refractivity contribution in [2.45, 2.75) is 44.1 Å². The fourth-order valence-corrected chi connectivity index (χ4v) is 6.79. The predicted octanol–water partition coefficient (Wildman–Crippen LogP) is 4.12. The van der Waals surface area contributed by atoms with E-state index in [1.54, 1.807) is 0 Å². The first-order chi connectivity index (χ1) is 20.8. The number of imidazole rings is 1. The van der Waals surface area contributed by atoms with Gasteiger partial charge in [0.15, 0.2) is 5.52 Å². The van der Waals surface area contributed by atoms with Crippen LogP contribution in [-0.2, 0) is 24.8 Å². The molecule has 6 aromatic rings. The topological polar surface area (TPSA) is 169 Å². The van der Waals surface area contributed by atoms with E-state index in [1.807, 2.05) is 0 Å². The van der Waals surface area contributed by atoms with Crippen LogP contribution in [0.5, 0.6) is 0 Å². The Hall–Kier alpha value is -3.90. The Morgan fingerprint density at radius 3 is 2.53 bits per heavy atom. The monoisotopic (exact) mass is 604 g/mol. The van der Waals surface area contributed by atoms with E-state index >= 15 is 0 Å². The highest BCUT2D eigenvalue weighted by atomic mass is 31.2. The van der Waals surface area contributed by atoms with Crippen LogP contribution in [0.25, 0.3) is 43.5 Å². The standard InChI is InChI=1S/C30H29N4O8P/c35-22-14-24(34-16-31-27-28(34)32-30(37)33-29(27)36)42-23(22)15-41-43(38,39)40-13-2-1-4-17-7-8-20-10-9-18-5-3-6-19-11-12-21(17)26(20)25(18)19/h3,5-12,16,22-24,35H,1-2,4,13-15H2,(H,38,39)(H2,32,33,36,37)/t22?,23-,24?/m1/s1. The molecule has 43 heavy (non-hydrogen) atoms. The third-order valence-electron chi connectivity index (χ3n) is 8.10. The molecular formula is C30H29N4O8P. The molecule has 0 amide bonds. The highest BCUT2D eigenvalue weighted by Crippen LogP contribution is 2.44. The smallest absolute Gasteiger partial charge is 0.390 e. The fourth-order valence-electron chi connectivity index (χ4n) is 6.02. The van der Waals surface area contributed by atoms with E-state index < -0.39 is 44.1 Å². The first-order valence-corrected chi connectivity index (χ1v) is 15.6. The van der Waals surface area contributed by atoms with Gasteiger partial charge < -0.3 is 14.7 Å². The van der Waals surface area contributed by atoms with Gasteiger partial charge in [-0.3, -0.25) is 28.4 Å². The van der Waals surface area contributed by atoms with Gasteiger partial charge in [-0.05, 0) is 57.1 Å². The van der Waals surface area contributed by atoms with Crippen molar-refractivity contribution in [2.75, 3.05) is 13.2 Å². The number of hydrogen-bond donors (Lipinski definition) is 4. The third-order valence-corrected chi connectivity index (χ3v) is 9.08. The van der Waals surface area contributed by atoms with Gasteiger partial charge in [0.25, 0.3) is 5.56 Å². The van der Waals surface area contributed by atoms with E-state index in [-0.39, 0.29) is 24.2 Å². The Labute approximate surface area is 243 Å². The molecule has 0 spiro atoms. The second-order valence-electron chi connectivity index (χ2n) is 10.8. The largest absolute Gasteiger partial charge is 0.472 e. The molecule has 1 aliphatic heterocycles. The lowest BCUT2D eigenvalue weighted by molar-refractivity contribution is -0.0439. The van der Waals surface area contributed by atoms with Crippen LogP contribution in [0.15, 0.2) is 70.5 Å². The van der Waals surface area contributed by atoms with E-state index in [9.17, 15) is 24.2 Å². The number of aliphatic hydroxyl groups is 1. The van der Waals surface area contributed by atoms with Gasteiger partial charge in [0.05, 0.1) is 25.6 Å². The average molecular weight is 605 g/mol. The lowest BCUT2D eigenvalue weighted by Crippen LogP contribution is -2.26. The molecule has 3 heterocycles. The molecule has 4 N–H and O–H groups in total. The number of aliphatic hydroxyl groups excluding tert-OH is 1. The Kier molecular flexibility index (Phi) is 7.13. The minimum absolute atomic E-state index is 0.0183. The zero-order chi connectivity index (χ0) is 29.7. The number of fused-ring (bicyclic) bond motifs is 1. The van der Waals surface area contributed by atoms with Gasteiger partial charge in [-0.1, -0.05) is 54.6 Å². The van der Waals surface area contributed by atoms with Crippen molar-refractivity contribution in [3.05, 3.63) is 87.3 Å². The number of aryl methyl sites for hydroxylation is 1. The maximum atomic E-state index is 12.5. The van der Waals surface area contributed by atoms with Crippen molar-refractivity contribution in [1.29, 1.82) is 0 Å². The summed E-state index contributed by atoms with van der Waals surface area (Å²) in [6, 6.07) is 19.3. The van der Waals surface area contributed by atoms with Gasteiger partial charge >= 0.3 is 13.5 Å². The molecule has 0 aliphatic carbocycles. The molecule has 0 bridgehead atoms. The molecule has 12 nitrogen and oxygen atoms in total. The highest BCUT2D eigenvalue weighted by molar-refractivity contribution is 7.47. The SMILES string of the molecule is O=c1[nH]c(=O)c2ncn(C3CC(O)[C@@H](COP(=O)(O)OCCCCc4ccc5ccc6cccc7ccc4c5c67)O3)c2[nH]1. The molecule has 222 valence electrons. The number of benzene rings is 4. The number of H-pyrrole nitrogens is 2. The van der Waals surface area contributed by atoms with Gasteiger partial charge in [0.1, 0.15) is 18.0 Å². The summed E-state index contributed by atoms with van der Waals surface area (Å²) in [6.07, 6.45) is 0.761. The maximum absolute atomic E-state index is 12.5. The highest BCUT2D eigenvalue weighted by Gasteiger charge is 2.38. The van der Waals surface area contributed by atoms with E-state index in [2.05, 4.69) is 69.5 Å². The molecule has 13 heteroatoms. The quantitative estimate of drug-likeness (QED) is 0.102. The van der Waals surface area contributed by atoms with E-state index in [1.165, 1.54) is 48.8 Å². The number of rotatable bonds is 10. The summed E-state index contributed by atoms with van der Waals surface area (Å²) in [6.45, 7) is -0.364. The van der Waals surface area contributed by atoms with Crippen molar-refractivity contribution in [2.24, 2.45) is 0 Å². The summed E-state index contributed by atoms with van der Waals surface area (Å²) in [5.74, 6) is 0. The van der Waals surface area contributed by atoms with Crippen molar-refractivity contribution in [3.8, 4) is 0 Å². The van der Waals surface area contributed by atoms with Crippen LogP contribution >= 0.6 is 7.82 Å². The molecule has 1 saturated heterocycles.